The number of rotatable bonds is 8. The number of aliphatic hydroxyl groups is 1. The second-order valence-electron chi connectivity index (χ2n) is 4.76. The molecule has 1 aromatic rings. The Kier molecular flexibility index (Phi) is 7.74. The SMILES string of the molecule is COCCC(CO)NC(=O)Nc1cccc(C(C)OC)c1. The number of benzene rings is 1. The van der Waals surface area contributed by atoms with Crippen LogP contribution in [0.2, 0.25) is 0 Å². The second-order valence-corrected chi connectivity index (χ2v) is 4.76. The lowest BCUT2D eigenvalue weighted by atomic mass is 10.1. The molecule has 0 bridgehead atoms. The van der Waals surface area contributed by atoms with Crippen LogP contribution in [0.3, 0.4) is 0 Å². The molecule has 118 valence electrons. The summed E-state index contributed by atoms with van der Waals surface area (Å²) in [5, 5.41) is 14.6. The molecule has 0 aromatic heterocycles. The van der Waals surface area contributed by atoms with Gasteiger partial charge in [0.25, 0.3) is 0 Å². The number of carbonyl (C=O) groups excluding carboxylic acids is 1. The topological polar surface area (TPSA) is 79.8 Å². The Hall–Kier alpha value is -1.63. The first-order valence-electron chi connectivity index (χ1n) is 6.90. The summed E-state index contributed by atoms with van der Waals surface area (Å²) >= 11 is 0. The Morgan fingerprint density at radius 3 is 2.76 bits per heavy atom. The van der Waals surface area contributed by atoms with Gasteiger partial charge >= 0.3 is 6.03 Å². The molecule has 2 amide bonds. The number of anilines is 1. The van der Waals surface area contributed by atoms with Crippen molar-refractivity contribution in [3.05, 3.63) is 29.8 Å². The van der Waals surface area contributed by atoms with Crippen molar-refractivity contribution in [3.63, 3.8) is 0 Å². The highest BCUT2D eigenvalue weighted by atomic mass is 16.5. The molecule has 3 N–H and O–H groups in total. The van der Waals surface area contributed by atoms with Crippen LogP contribution in [0.15, 0.2) is 24.3 Å². The van der Waals surface area contributed by atoms with Crippen molar-refractivity contribution in [2.45, 2.75) is 25.5 Å². The van der Waals surface area contributed by atoms with Gasteiger partial charge in [0.15, 0.2) is 0 Å². The summed E-state index contributed by atoms with van der Waals surface area (Å²) in [6.45, 7) is 2.29. The molecule has 6 heteroatoms. The minimum Gasteiger partial charge on any atom is -0.394 e. The molecule has 1 rings (SSSR count). The van der Waals surface area contributed by atoms with Crippen LogP contribution in [-0.2, 0) is 9.47 Å². The van der Waals surface area contributed by atoms with Crippen molar-refractivity contribution in [2.75, 3.05) is 32.8 Å². The molecule has 0 aliphatic rings. The quantitative estimate of drug-likeness (QED) is 0.684. The molecule has 6 nitrogen and oxygen atoms in total. The number of carbonyl (C=O) groups is 1. The van der Waals surface area contributed by atoms with Gasteiger partial charge in [-0.2, -0.15) is 0 Å². The van der Waals surface area contributed by atoms with Crippen LogP contribution in [0.25, 0.3) is 0 Å². The first-order chi connectivity index (χ1) is 10.1. The Balaban J connectivity index is 2.57. The minimum atomic E-state index is -0.354. The van der Waals surface area contributed by atoms with Gasteiger partial charge in [-0.15, -0.1) is 0 Å². The monoisotopic (exact) mass is 296 g/mol. The molecule has 1 aromatic carbocycles. The fraction of sp³-hybridized carbons (Fsp3) is 0.533. The zero-order chi connectivity index (χ0) is 15.7. The van der Waals surface area contributed by atoms with E-state index in [9.17, 15) is 9.90 Å². The van der Waals surface area contributed by atoms with Gasteiger partial charge in [-0.25, -0.2) is 4.79 Å². The second kappa shape index (κ2) is 9.33. The van der Waals surface area contributed by atoms with Crippen LogP contribution in [0, 0.1) is 0 Å². The summed E-state index contributed by atoms with van der Waals surface area (Å²) in [5.41, 5.74) is 1.66. The molecule has 0 saturated carbocycles. The average molecular weight is 296 g/mol. The molecule has 0 aliphatic heterocycles. The molecule has 2 atom stereocenters. The lowest BCUT2D eigenvalue weighted by molar-refractivity contribution is 0.119. The highest BCUT2D eigenvalue weighted by Gasteiger charge is 2.12. The van der Waals surface area contributed by atoms with E-state index < -0.39 is 0 Å². The van der Waals surface area contributed by atoms with Gasteiger partial charge in [0.1, 0.15) is 0 Å². The number of nitrogens with one attached hydrogen (secondary N) is 2. The molecule has 0 heterocycles. The molecular weight excluding hydrogens is 272 g/mol. The number of amides is 2. The number of urea groups is 1. The summed E-state index contributed by atoms with van der Waals surface area (Å²) in [7, 11) is 3.22. The van der Waals surface area contributed by atoms with Gasteiger partial charge < -0.3 is 25.2 Å². The van der Waals surface area contributed by atoms with E-state index in [0.717, 1.165) is 5.56 Å². The Bertz CT molecular complexity index is 439. The van der Waals surface area contributed by atoms with E-state index in [1.807, 2.05) is 25.1 Å². The standard InChI is InChI=1S/C15H24N2O4/c1-11(21-3)12-5-4-6-13(9-12)16-15(19)17-14(10-18)7-8-20-2/h4-6,9,11,14,18H,7-8,10H2,1-3H3,(H2,16,17,19). The average Bonchev–Trinajstić information content (AvgIpc) is 2.50. The van der Waals surface area contributed by atoms with E-state index in [-0.39, 0.29) is 24.8 Å². The molecular formula is C15H24N2O4. The number of aliphatic hydroxyl groups excluding tert-OH is 1. The first-order valence-corrected chi connectivity index (χ1v) is 6.90. The van der Waals surface area contributed by atoms with Crippen molar-refractivity contribution in [2.24, 2.45) is 0 Å². The lowest BCUT2D eigenvalue weighted by Crippen LogP contribution is -2.40. The minimum absolute atomic E-state index is 0.0401. The van der Waals surface area contributed by atoms with E-state index in [2.05, 4.69) is 10.6 Å². The zero-order valence-corrected chi connectivity index (χ0v) is 12.8. The van der Waals surface area contributed by atoms with Crippen LogP contribution >= 0.6 is 0 Å². The fourth-order valence-corrected chi connectivity index (χ4v) is 1.83. The van der Waals surface area contributed by atoms with E-state index >= 15 is 0 Å². The predicted octanol–water partition coefficient (Wildman–Crippen LogP) is 1.91. The zero-order valence-electron chi connectivity index (χ0n) is 12.8. The number of methoxy groups -OCH3 is 2. The largest absolute Gasteiger partial charge is 0.394 e. The van der Waals surface area contributed by atoms with Gasteiger partial charge in [-0.05, 0) is 31.0 Å². The van der Waals surface area contributed by atoms with Gasteiger partial charge in [-0.1, -0.05) is 12.1 Å². The number of hydrogen-bond acceptors (Lipinski definition) is 4. The van der Waals surface area contributed by atoms with Crippen molar-refractivity contribution in [3.8, 4) is 0 Å². The van der Waals surface area contributed by atoms with E-state index in [0.29, 0.717) is 18.7 Å². The van der Waals surface area contributed by atoms with Gasteiger partial charge in [-0.3, -0.25) is 0 Å². The van der Waals surface area contributed by atoms with E-state index in [4.69, 9.17) is 9.47 Å². The normalized spacial score (nSPS) is 13.5. The summed E-state index contributed by atoms with van der Waals surface area (Å²) in [4.78, 5) is 11.9. The third-order valence-corrected chi connectivity index (χ3v) is 3.19. The van der Waals surface area contributed by atoms with Crippen LogP contribution in [0.5, 0.6) is 0 Å². The summed E-state index contributed by atoms with van der Waals surface area (Å²) < 4.78 is 10.2. The van der Waals surface area contributed by atoms with Crippen LogP contribution in [0.4, 0.5) is 10.5 Å². The first kappa shape index (κ1) is 17.4. The van der Waals surface area contributed by atoms with Crippen LogP contribution in [-0.4, -0.2) is 44.6 Å². The molecule has 2 unspecified atom stereocenters. The van der Waals surface area contributed by atoms with Crippen LogP contribution in [0.1, 0.15) is 25.0 Å². The van der Waals surface area contributed by atoms with E-state index in [1.54, 1.807) is 20.3 Å². The van der Waals surface area contributed by atoms with Crippen molar-refractivity contribution >= 4 is 11.7 Å². The Labute approximate surface area is 125 Å². The molecule has 0 fully saturated rings. The fourth-order valence-electron chi connectivity index (χ4n) is 1.83. The van der Waals surface area contributed by atoms with Gasteiger partial charge in [0.05, 0.1) is 18.8 Å². The van der Waals surface area contributed by atoms with E-state index in [1.165, 1.54) is 0 Å². The molecule has 0 aliphatic carbocycles. The molecule has 0 radical (unpaired) electrons. The maximum atomic E-state index is 11.9. The number of hydrogen-bond donors (Lipinski definition) is 3. The predicted molar refractivity (Wildman–Crippen MR) is 81.4 cm³/mol. The third kappa shape index (κ3) is 6.12. The maximum absolute atomic E-state index is 11.9. The Morgan fingerprint density at radius 2 is 2.14 bits per heavy atom. The van der Waals surface area contributed by atoms with Gasteiger partial charge in [0.2, 0.25) is 0 Å². The molecule has 21 heavy (non-hydrogen) atoms. The number of ether oxygens (including phenoxy) is 2. The highest BCUT2D eigenvalue weighted by Crippen LogP contribution is 2.19. The Morgan fingerprint density at radius 1 is 1.38 bits per heavy atom. The van der Waals surface area contributed by atoms with Crippen molar-refractivity contribution in [1.29, 1.82) is 0 Å². The van der Waals surface area contributed by atoms with Crippen LogP contribution < -0.4 is 10.6 Å². The smallest absolute Gasteiger partial charge is 0.319 e. The third-order valence-electron chi connectivity index (χ3n) is 3.19. The highest BCUT2D eigenvalue weighted by molar-refractivity contribution is 5.89. The summed E-state index contributed by atoms with van der Waals surface area (Å²) in [6, 6.07) is 6.77. The molecule has 0 saturated heterocycles. The van der Waals surface area contributed by atoms with Gasteiger partial charge in [0, 0.05) is 26.5 Å². The summed E-state index contributed by atoms with van der Waals surface area (Å²) in [5.74, 6) is 0. The van der Waals surface area contributed by atoms with Crippen molar-refractivity contribution in [1.82, 2.24) is 5.32 Å². The molecule has 0 spiro atoms. The lowest BCUT2D eigenvalue weighted by Gasteiger charge is -2.17. The maximum Gasteiger partial charge on any atom is 0.319 e. The van der Waals surface area contributed by atoms with Crippen molar-refractivity contribution < 1.29 is 19.4 Å². The summed E-state index contributed by atoms with van der Waals surface area (Å²) in [6.07, 6.45) is 0.517.